The number of anilines is 1. The molecular formula is C18H13Cl2N3O3S. The monoisotopic (exact) mass is 421 g/mol. The van der Waals surface area contributed by atoms with Crippen LogP contribution in [0.15, 0.2) is 52.4 Å². The zero-order valence-corrected chi connectivity index (χ0v) is 16.1. The van der Waals surface area contributed by atoms with Crippen molar-refractivity contribution in [2.75, 3.05) is 11.9 Å². The molecule has 0 radical (unpaired) electrons. The molecule has 138 valence electrons. The molecule has 0 atom stereocenters. The van der Waals surface area contributed by atoms with Crippen LogP contribution in [0.1, 0.15) is 5.56 Å². The average Bonchev–Trinajstić information content (AvgIpc) is 2.94. The Kier molecular flexibility index (Phi) is 6.05. The lowest BCUT2D eigenvalue weighted by Gasteiger charge is -2.09. The molecule has 0 saturated heterocycles. The van der Waals surface area contributed by atoms with Crippen LogP contribution >= 0.6 is 35.0 Å². The van der Waals surface area contributed by atoms with Gasteiger partial charge >= 0.3 is 0 Å². The number of carbonyl (C=O) groups excluding carboxylic acids is 2. The summed E-state index contributed by atoms with van der Waals surface area (Å²) >= 11 is 13.0. The summed E-state index contributed by atoms with van der Waals surface area (Å²) in [5.41, 5.74) is 6.72. The van der Waals surface area contributed by atoms with E-state index in [1.807, 2.05) is 0 Å². The number of benzene rings is 2. The molecule has 6 nitrogen and oxygen atoms in total. The lowest BCUT2D eigenvalue weighted by Crippen LogP contribution is -2.20. The highest BCUT2D eigenvalue weighted by Gasteiger charge is 2.19. The fraction of sp³-hybridized carbons (Fsp3) is 0.0556. The number of amides is 2. The molecule has 2 amide bonds. The third-order valence-corrected chi connectivity index (χ3v) is 4.76. The van der Waals surface area contributed by atoms with Gasteiger partial charge in [-0.15, -0.1) is 0 Å². The summed E-state index contributed by atoms with van der Waals surface area (Å²) in [6, 6.07) is 11.7. The summed E-state index contributed by atoms with van der Waals surface area (Å²) < 4.78 is 5.45. The number of rotatable bonds is 5. The van der Waals surface area contributed by atoms with Crippen LogP contribution in [0.2, 0.25) is 10.0 Å². The highest BCUT2D eigenvalue weighted by Crippen LogP contribution is 2.27. The first kappa shape index (κ1) is 19.3. The van der Waals surface area contributed by atoms with Crippen molar-refractivity contribution >= 4 is 63.7 Å². The van der Waals surface area contributed by atoms with Gasteiger partial charge in [-0.05, 0) is 53.7 Å². The Bertz CT molecular complexity index is 959. The van der Waals surface area contributed by atoms with Crippen molar-refractivity contribution in [2.24, 2.45) is 10.7 Å². The van der Waals surface area contributed by atoms with Gasteiger partial charge in [0.15, 0.2) is 11.8 Å². The van der Waals surface area contributed by atoms with Gasteiger partial charge in [0.2, 0.25) is 0 Å². The Morgan fingerprint density at radius 1 is 1.22 bits per heavy atom. The summed E-state index contributed by atoms with van der Waals surface area (Å²) in [5.74, 6) is -0.217. The third-order valence-electron chi connectivity index (χ3n) is 3.39. The molecule has 27 heavy (non-hydrogen) atoms. The summed E-state index contributed by atoms with van der Waals surface area (Å²) in [4.78, 5) is 27.7. The third kappa shape index (κ3) is 5.26. The zero-order chi connectivity index (χ0) is 19.4. The second-order valence-electron chi connectivity index (χ2n) is 5.40. The zero-order valence-electron chi connectivity index (χ0n) is 13.7. The molecule has 3 N–H and O–H groups in total. The van der Waals surface area contributed by atoms with Gasteiger partial charge in [0, 0.05) is 5.02 Å². The Labute approximate surface area is 169 Å². The molecule has 1 aliphatic heterocycles. The maximum absolute atomic E-state index is 12.0. The van der Waals surface area contributed by atoms with Gasteiger partial charge in [-0.1, -0.05) is 35.3 Å². The molecule has 9 heteroatoms. The number of nitrogens with zero attached hydrogens (tertiary/aromatic N) is 1. The lowest BCUT2D eigenvalue weighted by molar-refractivity contribution is -0.118. The van der Waals surface area contributed by atoms with Gasteiger partial charge < -0.3 is 15.8 Å². The maximum atomic E-state index is 12.0. The van der Waals surface area contributed by atoms with Crippen LogP contribution in [0.5, 0.6) is 5.75 Å². The standard InChI is InChI=1S/C18H13Cl2N3O3S/c19-11-3-6-13(20)14(8-11)22-16(24)9-26-12-4-1-10(2-5-12)7-15-17(25)23-18(21)27-15/h1-8H,9H2,(H,22,24)(H2,21,23,25)/b15-7-. The summed E-state index contributed by atoms with van der Waals surface area (Å²) in [7, 11) is 0. The highest BCUT2D eigenvalue weighted by atomic mass is 35.5. The number of nitrogens with one attached hydrogen (secondary N) is 1. The van der Waals surface area contributed by atoms with Crippen LogP contribution in [0, 0.1) is 0 Å². The maximum Gasteiger partial charge on any atom is 0.286 e. The summed E-state index contributed by atoms with van der Waals surface area (Å²) in [6.45, 7) is -0.192. The number of ether oxygens (including phenoxy) is 1. The molecule has 0 spiro atoms. The summed E-state index contributed by atoms with van der Waals surface area (Å²) in [6.07, 6.45) is 1.69. The summed E-state index contributed by atoms with van der Waals surface area (Å²) in [5, 5.41) is 3.72. The Hall–Kier alpha value is -2.48. The molecule has 0 aliphatic carbocycles. The number of halogens is 2. The molecular weight excluding hydrogens is 409 g/mol. The van der Waals surface area contributed by atoms with Crippen LogP contribution in [0.25, 0.3) is 6.08 Å². The SMILES string of the molecule is NC1=NC(=O)/C(=C/c2ccc(OCC(=O)Nc3cc(Cl)ccc3Cl)cc2)S1. The first-order valence-electron chi connectivity index (χ1n) is 7.66. The van der Waals surface area contributed by atoms with E-state index in [4.69, 9.17) is 33.7 Å². The van der Waals surface area contributed by atoms with Crippen molar-refractivity contribution < 1.29 is 14.3 Å². The molecule has 3 rings (SSSR count). The van der Waals surface area contributed by atoms with Crippen molar-refractivity contribution in [3.05, 3.63) is 63.0 Å². The van der Waals surface area contributed by atoms with E-state index in [2.05, 4.69) is 10.3 Å². The predicted molar refractivity (Wildman–Crippen MR) is 109 cm³/mol. The normalized spacial score (nSPS) is 15.0. The first-order valence-corrected chi connectivity index (χ1v) is 9.24. The van der Waals surface area contributed by atoms with E-state index in [1.54, 1.807) is 48.5 Å². The Morgan fingerprint density at radius 2 is 1.96 bits per heavy atom. The largest absolute Gasteiger partial charge is 0.484 e. The molecule has 0 bridgehead atoms. The van der Waals surface area contributed by atoms with Crippen molar-refractivity contribution in [2.45, 2.75) is 0 Å². The van der Waals surface area contributed by atoms with Gasteiger partial charge in [0.1, 0.15) is 5.75 Å². The number of amidine groups is 1. The Morgan fingerprint density at radius 3 is 2.63 bits per heavy atom. The molecule has 1 aliphatic rings. The van der Waals surface area contributed by atoms with Crippen molar-refractivity contribution in [3.8, 4) is 5.75 Å². The van der Waals surface area contributed by atoms with E-state index < -0.39 is 0 Å². The average molecular weight is 422 g/mol. The van der Waals surface area contributed by atoms with Gasteiger partial charge in [-0.2, -0.15) is 4.99 Å². The van der Waals surface area contributed by atoms with Crippen molar-refractivity contribution in [1.29, 1.82) is 0 Å². The Balaban J connectivity index is 1.56. The predicted octanol–water partition coefficient (Wildman–Crippen LogP) is 3.94. The molecule has 0 saturated carbocycles. The number of hydrogen-bond acceptors (Lipinski definition) is 5. The van der Waals surface area contributed by atoms with Crippen LogP contribution in [-0.2, 0) is 9.59 Å². The van der Waals surface area contributed by atoms with Gasteiger partial charge in [-0.25, -0.2) is 0 Å². The van der Waals surface area contributed by atoms with Crippen LogP contribution in [0.4, 0.5) is 5.69 Å². The van der Waals surface area contributed by atoms with E-state index in [0.29, 0.717) is 26.4 Å². The molecule has 2 aromatic rings. The number of thioether (sulfide) groups is 1. The molecule has 0 aromatic heterocycles. The highest BCUT2D eigenvalue weighted by molar-refractivity contribution is 8.18. The van der Waals surface area contributed by atoms with E-state index in [0.717, 1.165) is 17.3 Å². The first-order chi connectivity index (χ1) is 12.9. The molecule has 0 fully saturated rings. The molecule has 0 unspecified atom stereocenters. The van der Waals surface area contributed by atoms with Crippen molar-refractivity contribution in [3.63, 3.8) is 0 Å². The van der Waals surface area contributed by atoms with E-state index in [-0.39, 0.29) is 23.6 Å². The van der Waals surface area contributed by atoms with Gasteiger partial charge in [-0.3, -0.25) is 9.59 Å². The van der Waals surface area contributed by atoms with Crippen LogP contribution in [0.3, 0.4) is 0 Å². The van der Waals surface area contributed by atoms with E-state index in [1.165, 1.54) is 0 Å². The van der Waals surface area contributed by atoms with Crippen molar-refractivity contribution in [1.82, 2.24) is 0 Å². The quantitative estimate of drug-likeness (QED) is 0.712. The second-order valence-corrected chi connectivity index (χ2v) is 7.30. The minimum absolute atomic E-state index is 0.192. The fourth-order valence-corrected chi connectivity index (χ4v) is 3.18. The van der Waals surface area contributed by atoms with E-state index in [9.17, 15) is 9.59 Å². The minimum Gasteiger partial charge on any atom is -0.484 e. The number of carbonyl (C=O) groups is 2. The topological polar surface area (TPSA) is 93.8 Å². The number of nitrogens with two attached hydrogens (primary N) is 1. The van der Waals surface area contributed by atoms with Crippen LogP contribution < -0.4 is 15.8 Å². The number of hydrogen-bond donors (Lipinski definition) is 2. The number of aliphatic imine (C=N–C) groups is 1. The fourth-order valence-electron chi connectivity index (χ4n) is 2.17. The minimum atomic E-state index is -0.370. The second kappa shape index (κ2) is 8.47. The molecule has 1 heterocycles. The van der Waals surface area contributed by atoms with E-state index >= 15 is 0 Å². The van der Waals surface area contributed by atoms with Gasteiger partial charge in [0.25, 0.3) is 11.8 Å². The molecule has 2 aromatic carbocycles. The smallest absolute Gasteiger partial charge is 0.286 e. The van der Waals surface area contributed by atoms with Gasteiger partial charge in [0.05, 0.1) is 15.6 Å². The van der Waals surface area contributed by atoms with Crippen LogP contribution in [-0.4, -0.2) is 23.6 Å². The lowest BCUT2D eigenvalue weighted by atomic mass is 10.2.